The molecule has 3 aromatic heterocycles. The molecule has 0 aliphatic heterocycles. The van der Waals surface area contributed by atoms with Gasteiger partial charge in [-0.25, -0.2) is 21.8 Å². The van der Waals surface area contributed by atoms with E-state index >= 15 is 0 Å². The smallest absolute Gasteiger partial charge is 0.270 e. The fourth-order valence-corrected chi connectivity index (χ4v) is 4.24. The van der Waals surface area contributed by atoms with Crippen LogP contribution in [0.3, 0.4) is 0 Å². The van der Waals surface area contributed by atoms with Gasteiger partial charge < -0.3 is 5.32 Å². The number of hydrogen-bond donors (Lipinski definition) is 1. The van der Waals surface area contributed by atoms with Crippen molar-refractivity contribution in [3.05, 3.63) is 65.9 Å². The standard InChI is InChI=1S/C17H16F2N4O2S/c1-11-14(6-4-7-21-11)26(24,25)23-10-12(9-20-2)15(18)16(23)13-5-3-8-22-17(13)19/h3-8,10,20H,9H2,1-2H3. The van der Waals surface area contributed by atoms with Crippen LogP contribution in [0.1, 0.15) is 11.3 Å². The van der Waals surface area contributed by atoms with Crippen LogP contribution in [-0.2, 0) is 16.6 Å². The largest absolute Gasteiger partial charge is 0.316 e. The molecule has 0 fully saturated rings. The first-order valence-corrected chi connectivity index (χ1v) is 9.14. The monoisotopic (exact) mass is 378 g/mol. The number of aryl methyl sites for hydroxylation is 1. The summed E-state index contributed by atoms with van der Waals surface area (Å²) in [7, 11) is -2.60. The van der Waals surface area contributed by atoms with E-state index in [0.717, 1.165) is 10.2 Å². The predicted molar refractivity (Wildman–Crippen MR) is 91.9 cm³/mol. The van der Waals surface area contributed by atoms with Crippen molar-refractivity contribution in [2.24, 2.45) is 0 Å². The third kappa shape index (κ3) is 2.99. The van der Waals surface area contributed by atoms with E-state index in [4.69, 9.17) is 0 Å². The second-order valence-electron chi connectivity index (χ2n) is 5.58. The summed E-state index contributed by atoms with van der Waals surface area (Å²) in [4.78, 5) is 7.38. The quantitative estimate of drug-likeness (QED) is 0.691. The van der Waals surface area contributed by atoms with E-state index in [-0.39, 0.29) is 28.3 Å². The molecule has 0 spiro atoms. The lowest BCUT2D eigenvalue weighted by atomic mass is 10.2. The molecule has 3 rings (SSSR count). The van der Waals surface area contributed by atoms with E-state index in [9.17, 15) is 17.2 Å². The van der Waals surface area contributed by atoms with Gasteiger partial charge in [0.25, 0.3) is 10.0 Å². The molecule has 0 aromatic carbocycles. The van der Waals surface area contributed by atoms with Crippen LogP contribution in [0.5, 0.6) is 0 Å². The van der Waals surface area contributed by atoms with Gasteiger partial charge in [0.05, 0.1) is 11.3 Å². The molecule has 0 aliphatic rings. The molecule has 136 valence electrons. The van der Waals surface area contributed by atoms with Crippen LogP contribution in [0.15, 0.2) is 47.8 Å². The lowest BCUT2D eigenvalue weighted by Gasteiger charge is -2.12. The van der Waals surface area contributed by atoms with E-state index in [1.165, 1.54) is 43.6 Å². The average molecular weight is 378 g/mol. The molecular weight excluding hydrogens is 362 g/mol. The Kier molecular flexibility index (Phi) is 4.84. The van der Waals surface area contributed by atoms with Crippen molar-refractivity contribution in [1.29, 1.82) is 0 Å². The minimum Gasteiger partial charge on any atom is -0.316 e. The molecule has 0 aliphatic carbocycles. The Morgan fingerprint density at radius 3 is 2.50 bits per heavy atom. The Morgan fingerprint density at radius 2 is 1.85 bits per heavy atom. The van der Waals surface area contributed by atoms with Crippen LogP contribution in [-0.4, -0.2) is 29.4 Å². The van der Waals surface area contributed by atoms with Gasteiger partial charge in [-0.3, -0.25) is 4.98 Å². The molecule has 3 heterocycles. The Morgan fingerprint density at radius 1 is 1.15 bits per heavy atom. The molecule has 1 N–H and O–H groups in total. The maximum absolute atomic E-state index is 15.0. The Hall–Kier alpha value is -2.65. The lowest BCUT2D eigenvalue weighted by molar-refractivity contribution is 0.574. The summed E-state index contributed by atoms with van der Waals surface area (Å²) in [5, 5.41) is 2.76. The predicted octanol–water partition coefficient (Wildman–Crippen LogP) is 2.49. The third-order valence-corrected chi connectivity index (χ3v) is 5.65. The lowest BCUT2D eigenvalue weighted by Crippen LogP contribution is -2.16. The van der Waals surface area contributed by atoms with Gasteiger partial charge in [0, 0.05) is 30.7 Å². The summed E-state index contributed by atoms with van der Waals surface area (Å²) in [6.45, 7) is 1.61. The number of halogens is 2. The highest BCUT2D eigenvalue weighted by Crippen LogP contribution is 2.32. The summed E-state index contributed by atoms with van der Waals surface area (Å²) < 4.78 is 56.1. The Bertz CT molecular complexity index is 1060. The van der Waals surface area contributed by atoms with E-state index in [1.54, 1.807) is 7.05 Å². The van der Waals surface area contributed by atoms with Gasteiger partial charge in [0.1, 0.15) is 10.6 Å². The summed E-state index contributed by atoms with van der Waals surface area (Å²) in [5.41, 5.74) is -0.285. The summed E-state index contributed by atoms with van der Waals surface area (Å²) >= 11 is 0. The molecule has 0 amide bonds. The van der Waals surface area contributed by atoms with Gasteiger partial charge >= 0.3 is 0 Å². The molecule has 0 bridgehead atoms. The molecule has 0 radical (unpaired) electrons. The maximum Gasteiger partial charge on any atom is 0.270 e. The van der Waals surface area contributed by atoms with Crippen molar-refractivity contribution in [1.82, 2.24) is 19.3 Å². The molecule has 9 heteroatoms. The number of aromatic nitrogens is 3. The van der Waals surface area contributed by atoms with E-state index in [0.29, 0.717) is 0 Å². The number of nitrogens with one attached hydrogen (secondary N) is 1. The summed E-state index contributed by atoms with van der Waals surface area (Å²) in [6.07, 6.45) is 3.81. The van der Waals surface area contributed by atoms with E-state index in [1.807, 2.05) is 0 Å². The second-order valence-corrected chi connectivity index (χ2v) is 7.36. The fourth-order valence-electron chi connectivity index (χ4n) is 2.66. The normalized spacial score (nSPS) is 11.7. The third-order valence-electron chi connectivity index (χ3n) is 3.86. The zero-order valence-electron chi connectivity index (χ0n) is 14.1. The first-order valence-electron chi connectivity index (χ1n) is 7.70. The first-order chi connectivity index (χ1) is 12.4. The zero-order chi connectivity index (χ0) is 18.9. The van der Waals surface area contributed by atoms with Crippen LogP contribution in [0, 0.1) is 18.7 Å². The van der Waals surface area contributed by atoms with Crippen LogP contribution in [0.25, 0.3) is 11.3 Å². The van der Waals surface area contributed by atoms with Crippen molar-refractivity contribution in [2.45, 2.75) is 18.4 Å². The highest BCUT2D eigenvalue weighted by molar-refractivity contribution is 7.90. The molecule has 6 nitrogen and oxygen atoms in total. The van der Waals surface area contributed by atoms with Gasteiger partial charge in [-0.2, -0.15) is 4.39 Å². The van der Waals surface area contributed by atoms with Crippen LogP contribution >= 0.6 is 0 Å². The first kappa shape index (κ1) is 18.2. The highest BCUT2D eigenvalue weighted by Gasteiger charge is 2.29. The van der Waals surface area contributed by atoms with Gasteiger partial charge in [-0.15, -0.1) is 0 Å². The molecule has 0 saturated heterocycles. The number of rotatable bonds is 5. The van der Waals surface area contributed by atoms with Crippen LogP contribution in [0.2, 0.25) is 0 Å². The highest BCUT2D eigenvalue weighted by atomic mass is 32.2. The van der Waals surface area contributed by atoms with Gasteiger partial charge in [0.2, 0.25) is 5.95 Å². The van der Waals surface area contributed by atoms with Gasteiger partial charge in [-0.1, -0.05) is 0 Å². The fraction of sp³-hybridized carbons (Fsp3) is 0.176. The topological polar surface area (TPSA) is 76.9 Å². The van der Waals surface area contributed by atoms with Crippen LogP contribution < -0.4 is 5.32 Å². The number of pyridine rings is 2. The van der Waals surface area contributed by atoms with Crippen molar-refractivity contribution >= 4 is 10.0 Å². The van der Waals surface area contributed by atoms with Crippen molar-refractivity contribution in [2.75, 3.05) is 7.05 Å². The van der Waals surface area contributed by atoms with Crippen molar-refractivity contribution in [3.63, 3.8) is 0 Å². The Labute approximate surface area is 149 Å². The average Bonchev–Trinajstić information content (AvgIpc) is 2.93. The molecule has 3 aromatic rings. The molecule has 0 atom stereocenters. The van der Waals surface area contributed by atoms with Gasteiger partial charge in [-0.05, 0) is 38.2 Å². The van der Waals surface area contributed by atoms with E-state index < -0.39 is 27.5 Å². The molecular formula is C17H16F2N4O2S. The van der Waals surface area contributed by atoms with Gasteiger partial charge in [0.15, 0.2) is 5.82 Å². The molecule has 0 unspecified atom stereocenters. The number of nitrogens with zero attached hydrogens (tertiary/aromatic N) is 3. The molecule has 0 saturated carbocycles. The second kappa shape index (κ2) is 6.93. The van der Waals surface area contributed by atoms with Crippen LogP contribution in [0.4, 0.5) is 8.78 Å². The summed E-state index contributed by atoms with van der Waals surface area (Å²) in [6, 6.07) is 5.54. The zero-order valence-corrected chi connectivity index (χ0v) is 14.9. The minimum absolute atomic E-state index is 0.0786. The SMILES string of the molecule is CNCc1cn(S(=O)(=O)c2cccnc2C)c(-c2cccnc2F)c1F. The minimum atomic E-state index is -4.19. The summed E-state index contributed by atoms with van der Waals surface area (Å²) in [5.74, 6) is -1.78. The van der Waals surface area contributed by atoms with Crippen molar-refractivity contribution in [3.8, 4) is 11.3 Å². The Balaban J connectivity index is 2.33. The maximum atomic E-state index is 15.0. The van der Waals surface area contributed by atoms with Crippen molar-refractivity contribution < 1.29 is 17.2 Å². The molecule has 26 heavy (non-hydrogen) atoms. The van der Waals surface area contributed by atoms with E-state index in [2.05, 4.69) is 15.3 Å². The number of hydrogen-bond acceptors (Lipinski definition) is 5.